The summed E-state index contributed by atoms with van der Waals surface area (Å²) in [4.78, 5) is 24.4. The number of carbonyl (C=O) groups excluding carboxylic acids is 2. The van der Waals surface area contributed by atoms with Gasteiger partial charge in [0, 0.05) is 6.07 Å². The molecule has 0 heterocycles. The minimum absolute atomic E-state index is 0.00655. The molecule has 1 atom stereocenters. The number of hydrogen-bond donors (Lipinski definition) is 5. The number of carbonyl (C=O) groups is 2. The second-order valence-corrected chi connectivity index (χ2v) is 8.49. The van der Waals surface area contributed by atoms with Gasteiger partial charge in [0.05, 0.1) is 21.3 Å². The molecule has 2 amide bonds. The Labute approximate surface area is 184 Å². The molecule has 0 aliphatic heterocycles. The largest absolute Gasteiger partial charge is 0.506 e. The summed E-state index contributed by atoms with van der Waals surface area (Å²) < 4.78 is 27.3. The first kappa shape index (κ1) is 24.1. The molecule has 0 bridgehead atoms. The Bertz CT molecular complexity index is 1110. The number of halogens is 1. The summed E-state index contributed by atoms with van der Waals surface area (Å²) in [6.45, 7) is 2.88. The molecule has 0 aliphatic carbocycles. The third kappa shape index (κ3) is 6.17. The smallest absolute Gasteiger partial charge is 0.273 e. The number of sulfonamides is 1. The van der Waals surface area contributed by atoms with E-state index in [-0.39, 0.29) is 33.4 Å². The van der Waals surface area contributed by atoms with Crippen LogP contribution in [0.1, 0.15) is 20.3 Å². The van der Waals surface area contributed by atoms with Crippen LogP contribution in [0.3, 0.4) is 0 Å². The Morgan fingerprint density at radius 3 is 2.35 bits per heavy atom. The number of phenolic OH excluding ortho intramolecular Hbond substituents is 1. The first-order valence-corrected chi connectivity index (χ1v) is 10.9. The molecule has 2 aromatic rings. The number of nitrogens with zero attached hydrogens (tertiary/aromatic N) is 1. The van der Waals surface area contributed by atoms with E-state index in [1.54, 1.807) is 25.1 Å². The summed E-state index contributed by atoms with van der Waals surface area (Å²) in [7, 11) is -3.93. The van der Waals surface area contributed by atoms with E-state index in [9.17, 15) is 23.1 Å². The molecule has 0 aliphatic rings. The van der Waals surface area contributed by atoms with Crippen molar-refractivity contribution in [3.63, 3.8) is 0 Å². The Balaban J connectivity index is 2.18. The van der Waals surface area contributed by atoms with E-state index in [0.717, 1.165) is 6.07 Å². The maximum absolute atomic E-state index is 12.6. The van der Waals surface area contributed by atoms with Gasteiger partial charge < -0.3 is 20.9 Å². The van der Waals surface area contributed by atoms with Gasteiger partial charge in [-0.2, -0.15) is 4.72 Å². The van der Waals surface area contributed by atoms with Crippen molar-refractivity contribution < 1.29 is 28.3 Å². The van der Waals surface area contributed by atoms with Crippen molar-refractivity contribution in [3.05, 3.63) is 47.5 Å². The summed E-state index contributed by atoms with van der Waals surface area (Å²) in [6, 6.07) is 8.77. The SMILES string of the molecule is CCC(NS(=O)(=O)c1ccccc1)C(=O)Nc1cc(O)c(NC(=O)/C(C)=N/O)cc1Cl. The topological polar surface area (TPSA) is 157 Å². The molecule has 31 heavy (non-hydrogen) atoms. The maximum atomic E-state index is 12.6. The minimum Gasteiger partial charge on any atom is -0.506 e. The summed E-state index contributed by atoms with van der Waals surface area (Å²) in [5.74, 6) is -1.88. The first-order chi connectivity index (χ1) is 14.6. The van der Waals surface area contributed by atoms with Crippen LogP contribution in [0.5, 0.6) is 5.75 Å². The molecule has 0 radical (unpaired) electrons. The molecule has 10 nitrogen and oxygen atoms in total. The van der Waals surface area contributed by atoms with E-state index in [1.807, 2.05) is 0 Å². The van der Waals surface area contributed by atoms with Crippen molar-refractivity contribution in [2.45, 2.75) is 31.2 Å². The highest BCUT2D eigenvalue weighted by Crippen LogP contribution is 2.34. The Hall–Kier alpha value is -3.15. The van der Waals surface area contributed by atoms with Gasteiger partial charge >= 0.3 is 0 Å². The summed E-state index contributed by atoms with van der Waals surface area (Å²) in [5, 5.41) is 26.2. The number of phenols is 1. The lowest BCUT2D eigenvalue weighted by molar-refractivity contribution is -0.117. The van der Waals surface area contributed by atoms with E-state index in [1.165, 1.54) is 25.1 Å². The third-order valence-electron chi connectivity index (χ3n) is 4.15. The van der Waals surface area contributed by atoms with Gasteiger partial charge in [0.25, 0.3) is 5.91 Å². The lowest BCUT2D eigenvalue weighted by atomic mass is 10.2. The zero-order valence-corrected chi connectivity index (χ0v) is 18.2. The fourth-order valence-corrected chi connectivity index (χ4v) is 3.92. The molecule has 166 valence electrons. The van der Waals surface area contributed by atoms with Crippen molar-refractivity contribution in [1.29, 1.82) is 0 Å². The average molecular weight is 469 g/mol. The number of aromatic hydroxyl groups is 1. The van der Waals surface area contributed by atoms with Crippen LogP contribution in [-0.2, 0) is 19.6 Å². The molecule has 0 saturated carbocycles. The second-order valence-electron chi connectivity index (χ2n) is 6.37. The fourth-order valence-electron chi connectivity index (χ4n) is 2.41. The van der Waals surface area contributed by atoms with Gasteiger partial charge in [0.15, 0.2) is 0 Å². The summed E-state index contributed by atoms with van der Waals surface area (Å²) in [5.41, 5.74) is -0.315. The number of amides is 2. The number of oxime groups is 1. The van der Waals surface area contributed by atoms with Crippen LogP contribution < -0.4 is 15.4 Å². The zero-order chi connectivity index (χ0) is 23.2. The van der Waals surface area contributed by atoms with Crippen LogP contribution in [-0.4, -0.2) is 42.3 Å². The molecule has 5 N–H and O–H groups in total. The van der Waals surface area contributed by atoms with Crippen molar-refractivity contribution in [2.75, 3.05) is 10.6 Å². The van der Waals surface area contributed by atoms with Crippen LogP contribution in [0.25, 0.3) is 0 Å². The molecule has 12 heteroatoms. The fraction of sp³-hybridized carbons (Fsp3) is 0.211. The number of nitrogens with one attached hydrogen (secondary N) is 3. The number of rotatable bonds is 8. The van der Waals surface area contributed by atoms with Crippen molar-refractivity contribution in [2.24, 2.45) is 5.16 Å². The first-order valence-electron chi connectivity index (χ1n) is 8.99. The maximum Gasteiger partial charge on any atom is 0.273 e. The molecule has 0 fully saturated rings. The highest BCUT2D eigenvalue weighted by atomic mass is 35.5. The predicted octanol–water partition coefficient (Wildman–Crippen LogP) is 2.53. The van der Waals surface area contributed by atoms with Crippen molar-refractivity contribution in [3.8, 4) is 5.75 Å². The zero-order valence-electron chi connectivity index (χ0n) is 16.6. The number of hydrogen-bond acceptors (Lipinski definition) is 7. The van der Waals surface area contributed by atoms with E-state index >= 15 is 0 Å². The van der Waals surface area contributed by atoms with Crippen LogP contribution in [0.2, 0.25) is 5.02 Å². The van der Waals surface area contributed by atoms with E-state index in [4.69, 9.17) is 16.8 Å². The highest BCUT2D eigenvalue weighted by Gasteiger charge is 2.25. The molecule has 0 saturated heterocycles. The van der Waals surface area contributed by atoms with E-state index in [2.05, 4.69) is 20.5 Å². The number of benzene rings is 2. The highest BCUT2D eigenvalue weighted by molar-refractivity contribution is 7.89. The molecule has 2 rings (SSSR count). The van der Waals surface area contributed by atoms with Gasteiger partial charge in [0.2, 0.25) is 15.9 Å². The molecule has 1 unspecified atom stereocenters. The van der Waals surface area contributed by atoms with Crippen LogP contribution >= 0.6 is 11.6 Å². The van der Waals surface area contributed by atoms with Gasteiger partial charge in [-0.05, 0) is 31.5 Å². The molecule has 0 spiro atoms. The van der Waals surface area contributed by atoms with Crippen LogP contribution in [0.4, 0.5) is 11.4 Å². The second kappa shape index (κ2) is 10.2. The van der Waals surface area contributed by atoms with Gasteiger partial charge in [-0.25, -0.2) is 8.42 Å². The molecule has 2 aromatic carbocycles. The average Bonchev–Trinajstić information content (AvgIpc) is 2.75. The van der Waals surface area contributed by atoms with Gasteiger partial charge in [-0.1, -0.05) is 41.9 Å². The third-order valence-corrected chi connectivity index (χ3v) is 5.95. The van der Waals surface area contributed by atoms with Gasteiger partial charge in [0.1, 0.15) is 17.5 Å². The normalized spacial score (nSPS) is 12.8. The number of anilines is 2. The van der Waals surface area contributed by atoms with E-state index < -0.39 is 33.6 Å². The lowest BCUT2D eigenvalue weighted by Gasteiger charge is -2.18. The predicted molar refractivity (Wildman–Crippen MR) is 116 cm³/mol. The van der Waals surface area contributed by atoms with Crippen molar-refractivity contribution >= 4 is 50.5 Å². The molecular weight excluding hydrogens is 448 g/mol. The van der Waals surface area contributed by atoms with Crippen LogP contribution in [0.15, 0.2) is 52.5 Å². The molecule has 0 aromatic heterocycles. The molecular formula is C19H21ClN4O6S. The monoisotopic (exact) mass is 468 g/mol. The Kier molecular flexibility index (Phi) is 7.97. The quantitative estimate of drug-likeness (QED) is 0.173. The van der Waals surface area contributed by atoms with E-state index in [0.29, 0.717) is 0 Å². The lowest BCUT2D eigenvalue weighted by Crippen LogP contribution is -2.43. The standard InChI is InChI=1S/C19H21ClN4O6S/c1-3-14(24-31(29,30)12-7-5-4-6-8-12)19(27)21-15-10-17(25)16(9-13(15)20)22-18(26)11(2)23-28/h4-10,14,24-25,28H,3H2,1-2H3,(H,21,27)(H,22,26)/b23-11+. The minimum atomic E-state index is -3.93. The Morgan fingerprint density at radius 1 is 1.13 bits per heavy atom. The summed E-state index contributed by atoms with van der Waals surface area (Å²) >= 11 is 6.12. The summed E-state index contributed by atoms with van der Waals surface area (Å²) in [6.07, 6.45) is 0.148. The van der Waals surface area contributed by atoms with Crippen LogP contribution in [0, 0.1) is 0 Å². The Morgan fingerprint density at radius 2 is 1.77 bits per heavy atom. The van der Waals surface area contributed by atoms with Gasteiger partial charge in [-0.15, -0.1) is 0 Å². The van der Waals surface area contributed by atoms with Crippen molar-refractivity contribution in [1.82, 2.24) is 4.72 Å². The van der Waals surface area contributed by atoms with Gasteiger partial charge in [-0.3, -0.25) is 9.59 Å².